The third-order valence-electron chi connectivity index (χ3n) is 4.91. The Morgan fingerprint density at radius 2 is 1.87 bits per heavy atom. The van der Waals surface area contributed by atoms with Gasteiger partial charge in [0.05, 0.1) is 24.4 Å². The normalized spacial score (nSPS) is 10.8. The summed E-state index contributed by atoms with van der Waals surface area (Å²) in [6.45, 7) is 1.22. The Balaban J connectivity index is 1.39. The molecule has 0 aliphatic heterocycles. The lowest BCUT2D eigenvalue weighted by molar-refractivity contribution is 0.0952. The van der Waals surface area contributed by atoms with Crippen LogP contribution in [-0.4, -0.2) is 33.9 Å². The monoisotopic (exact) mass is 402 g/mol. The average Bonchev–Trinajstić information content (AvgIpc) is 3.20. The number of nitrogens with one attached hydrogen (secondary N) is 1. The lowest BCUT2D eigenvalue weighted by Gasteiger charge is -2.10. The first-order valence-electron chi connectivity index (χ1n) is 9.71. The van der Waals surface area contributed by atoms with Crippen molar-refractivity contribution in [2.24, 2.45) is 0 Å². The maximum Gasteiger partial charge on any atom is 0.255 e. The number of ether oxygens (including phenoxy) is 1. The quantitative estimate of drug-likeness (QED) is 0.482. The molecule has 4 aromatic rings. The van der Waals surface area contributed by atoms with Gasteiger partial charge in [0.2, 0.25) is 0 Å². The number of rotatable bonds is 7. The molecule has 7 nitrogen and oxygen atoms in total. The van der Waals surface area contributed by atoms with Crippen LogP contribution in [0.5, 0.6) is 5.75 Å². The molecule has 0 bridgehead atoms. The number of hydrogen-bond donors (Lipinski definition) is 1. The number of aromatic nitrogens is 3. The second kappa shape index (κ2) is 8.65. The number of carbonyl (C=O) groups excluding carboxylic acids is 1. The molecular weight excluding hydrogens is 380 g/mol. The van der Waals surface area contributed by atoms with Crippen molar-refractivity contribution >= 4 is 16.8 Å². The van der Waals surface area contributed by atoms with E-state index in [0.29, 0.717) is 30.1 Å². The van der Waals surface area contributed by atoms with Crippen molar-refractivity contribution in [2.75, 3.05) is 13.7 Å². The second-order valence-electron chi connectivity index (χ2n) is 6.86. The minimum Gasteiger partial charge on any atom is -0.497 e. The molecule has 1 N–H and O–H groups in total. The number of para-hydroxylation sites is 1. The summed E-state index contributed by atoms with van der Waals surface area (Å²) in [5.74, 6) is 0.480. The van der Waals surface area contributed by atoms with E-state index in [2.05, 4.69) is 10.4 Å². The van der Waals surface area contributed by atoms with Gasteiger partial charge < -0.3 is 10.1 Å². The largest absolute Gasteiger partial charge is 0.497 e. The van der Waals surface area contributed by atoms with Gasteiger partial charge in [-0.05, 0) is 42.8 Å². The van der Waals surface area contributed by atoms with Gasteiger partial charge in [-0.15, -0.1) is 0 Å². The summed E-state index contributed by atoms with van der Waals surface area (Å²) in [7, 11) is 1.58. The van der Waals surface area contributed by atoms with Crippen LogP contribution in [0, 0.1) is 0 Å². The van der Waals surface area contributed by atoms with Crippen LogP contribution in [0.15, 0.2) is 77.9 Å². The van der Waals surface area contributed by atoms with Gasteiger partial charge in [0, 0.05) is 36.4 Å². The molecule has 0 aliphatic carbocycles. The highest BCUT2D eigenvalue weighted by Crippen LogP contribution is 2.14. The number of benzene rings is 2. The van der Waals surface area contributed by atoms with Crippen LogP contribution in [0.25, 0.3) is 16.6 Å². The van der Waals surface area contributed by atoms with Gasteiger partial charge in [-0.3, -0.25) is 18.8 Å². The Hall–Kier alpha value is -3.87. The third-order valence-corrected chi connectivity index (χ3v) is 4.91. The van der Waals surface area contributed by atoms with E-state index in [1.807, 2.05) is 35.1 Å². The molecule has 2 aromatic heterocycles. The summed E-state index contributed by atoms with van der Waals surface area (Å²) in [6, 6.07) is 18.1. The topological polar surface area (TPSA) is 78.2 Å². The number of methoxy groups -OCH3 is 1. The summed E-state index contributed by atoms with van der Waals surface area (Å²) >= 11 is 0. The second-order valence-corrected chi connectivity index (χ2v) is 6.86. The van der Waals surface area contributed by atoms with Gasteiger partial charge >= 0.3 is 0 Å². The molecule has 4 rings (SSSR count). The zero-order valence-corrected chi connectivity index (χ0v) is 16.6. The maximum absolute atomic E-state index is 12.5. The van der Waals surface area contributed by atoms with Crippen molar-refractivity contribution in [1.29, 1.82) is 0 Å². The Kier molecular flexibility index (Phi) is 5.61. The Bertz CT molecular complexity index is 1230. The van der Waals surface area contributed by atoms with Gasteiger partial charge in [-0.2, -0.15) is 5.10 Å². The SMILES string of the molecule is COc1ccc(-n2cc(C(=O)NCCCn3ncc4ccccc43)ccc2=O)cc1. The summed E-state index contributed by atoms with van der Waals surface area (Å²) < 4.78 is 8.53. The van der Waals surface area contributed by atoms with Gasteiger partial charge in [-0.1, -0.05) is 18.2 Å². The van der Waals surface area contributed by atoms with Gasteiger partial charge in [0.1, 0.15) is 5.75 Å². The van der Waals surface area contributed by atoms with Crippen molar-refractivity contribution in [3.05, 3.63) is 89.0 Å². The lowest BCUT2D eigenvalue weighted by atomic mass is 10.2. The van der Waals surface area contributed by atoms with E-state index < -0.39 is 0 Å². The van der Waals surface area contributed by atoms with E-state index in [1.165, 1.54) is 10.6 Å². The first kappa shape index (κ1) is 19.4. The minimum atomic E-state index is -0.220. The van der Waals surface area contributed by atoms with Crippen molar-refractivity contribution in [3.8, 4) is 11.4 Å². The van der Waals surface area contributed by atoms with E-state index in [-0.39, 0.29) is 11.5 Å². The Morgan fingerprint density at radius 1 is 1.07 bits per heavy atom. The van der Waals surface area contributed by atoms with Crippen LogP contribution in [0.2, 0.25) is 0 Å². The number of aryl methyl sites for hydroxylation is 1. The van der Waals surface area contributed by atoms with Crippen molar-refractivity contribution in [1.82, 2.24) is 19.7 Å². The summed E-state index contributed by atoms with van der Waals surface area (Å²) in [6.07, 6.45) is 4.15. The molecule has 7 heteroatoms. The van der Waals surface area contributed by atoms with Crippen molar-refractivity contribution in [2.45, 2.75) is 13.0 Å². The fraction of sp³-hybridized carbons (Fsp3) is 0.174. The molecule has 2 heterocycles. The summed E-state index contributed by atoms with van der Waals surface area (Å²) in [5.41, 5.74) is 1.97. The molecule has 0 radical (unpaired) electrons. The standard InChI is InChI=1S/C23H22N4O3/c1-30-20-10-8-19(9-11-20)26-16-18(7-12-22(26)28)23(29)24-13-4-14-27-21-6-3-2-5-17(21)15-25-27/h2-3,5-12,15-16H,4,13-14H2,1H3,(H,24,29). The third kappa shape index (κ3) is 4.10. The molecule has 0 unspecified atom stereocenters. The van der Waals surface area contributed by atoms with Crippen molar-refractivity contribution in [3.63, 3.8) is 0 Å². The molecule has 0 aliphatic rings. The zero-order chi connectivity index (χ0) is 20.9. The molecule has 1 amide bonds. The highest BCUT2D eigenvalue weighted by molar-refractivity contribution is 5.93. The Labute approximate surface area is 173 Å². The van der Waals surface area contributed by atoms with Crippen LogP contribution in [0.4, 0.5) is 0 Å². The smallest absolute Gasteiger partial charge is 0.255 e. The maximum atomic E-state index is 12.5. The molecule has 0 saturated carbocycles. The number of carbonyl (C=O) groups is 1. The van der Waals surface area contributed by atoms with Crippen LogP contribution in [-0.2, 0) is 6.54 Å². The minimum absolute atomic E-state index is 0.206. The van der Waals surface area contributed by atoms with E-state index in [0.717, 1.165) is 17.3 Å². The van der Waals surface area contributed by atoms with Crippen LogP contribution in [0.3, 0.4) is 0 Å². The molecule has 0 saturated heterocycles. The molecular formula is C23H22N4O3. The van der Waals surface area contributed by atoms with Crippen molar-refractivity contribution < 1.29 is 9.53 Å². The number of hydrogen-bond acceptors (Lipinski definition) is 4. The predicted molar refractivity (Wildman–Crippen MR) is 115 cm³/mol. The number of fused-ring (bicyclic) bond motifs is 1. The summed E-state index contributed by atoms with van der Waals surface area (Å²) in [4.78, 5) is 24.8. The highest BCUT2D eigenvalue weighted by atomic mass is 16.5. The fourth-order valence-corrected chi connectivity index (χ4v) is 3.30. The molecule has 2 aromatic carbocycles. The first-order valence-corrected chi connectivity index (χ1v) is 9.71. The molecule has 0 fully saturated rings. The Morgan fingerprint density at radius 3 is 2.67 bits per heavy atom. The number of amides is 1. The number of pyridine rings is 1. The van der Waals surface area contributed by atoms with E-state index >= 15 is 0 Å². The molecule has 0 spiro atoms. The molecule has 152 valence electrons. The van der Waals surface area contributed by atoms with E-state index in [9.17, 15) is 9.59 Å². The highest BCUT2D eigenvalue weighted by Gasteiger charge is 2.09. The molecule has 0 atom stereocenters. The molecule has 30 heavy (non-hydrogen) atoms. The van der Waals surface area contributed by atoms with Crippen LogP contribution < -0.4 is 15.6 Å². The predicted octanol–water partition coefficient (Wildman–Crippen LogP) is 3.02. The average molecular weight is 402 g/mol. The lowest BCUT2D eigenvalue weighted by Crippen LogP contribution is -2.27. The van der Waals surface area contributed by atoms with E-state index in [1.54, 1.807) is 43.6 Å². The fourth-order valence-electron chi connectivity index (χ4n) is 3.30. The van der Waals surface area contributed by atoms with Gasteiger partial charge in [-0.25, -0.2) is 0 Å². The van der Waals surface area contributed by atoms with Crippen LogP contribution in [0.1, 0.15) is 16.8 Å². The van der Waals surface area contributed by atoms with E-state index in [4.69, 9.17) is 4.74 Å². The summed E-state index contributed by atoms with van der Waals surface area (Å²) in [5, 5.41) is 8.40. The van der Waals surface area contributed by atoms with Gasteiger partial charge in [0.15, 0.2) is 0 Å². The zero-order valence-electron chi connectivity index (χ0n) is 16.6. The van der Waals surface area contributed by atoms with Gasteiger partial charge in [0.25, 0.3) is 11.5 Å². The van der Waals surface area contributed by atoms with Crippen LogP contribution >= 0.6 is 0 Å². The first-order chi connectivity index (χ1) is 14.7. The number of nitrogens with zero attached hydrogens (tertiary/aromatic N) is 3.